The van der Waals surface area contributed by atoms with Crippen molar-refractivity contribution in [3.8, 4) is 5.75 Å². The molecule has 0 saturated carbocycles. The Bertz CT molecular complexity index is 753. The van der Waals surface area contributed by atoms with Crippen molar-refractivity contribution >= 4 is 27.8 Å². The van der Waals surface area contributed by atoms with Crippen LogP contribution in [-0.2, 0) is 16.0 Å². The molecule has 0 aliphatic rings. The van der Waals surface area contributed by atoms with Crippen molar-refractivity contribution in [1.82, 2.24) is 5.32 Å². The number of benzene rings is 2. The number of hydrogen-bond acceptors (Lipinski definition) is 4. The van der Waals surface area contributed by atoms with E-state index in [0.717, 1.165) is 5.56 Å². The summed E-state index contributed by atoms with van der Waals surface area (Å²) < 4.78 is 33.9. The fourth-order valence-electron chi connectivity index (χ4n) is 2.07. The van der Waals surface area contributed by atoms with Crippen molar-refractivity contribution in [2.24, 2.45) is 0 Å². The first kappa shape index (κ1) is 19.8. The van der Waals surface area contributed by atoms with Crippen molar-refractivity contribution in [2.75, 3.05) is 13.2 Å². The maximum atomic E-state index is 12.1. The highest BCUT2D eigenvalue weighted by molar-refractivity contribution is 9.10. The highest BCUT2D eigenvalue weighted by atomic mass is 79.9. The van der Waals surface area contributed by atoms with E-state index < -0.39 is 18.5 Å². The Morgan fingerprint density at radius 3 is 2.42 bits per heavy atom. The zero-order valence-electron chi connectivity index (χ0n) is 13.6. The van der Waals surface area contributed by atoms with Gasteiger partial charge in [-0.05, 0) is 52.2 Å². The van der Waals surface area contributed by atoms with Gasteiger partial charge in [-0.25, -0.2) is 4.79 Å². The van der Waals surface area contributed by atoms with Gasteiger partial charge in [-0.1, -0.05) is 24.3 Å². The molecule has 1 amide bonds. The molecule has 0 fully saturated rings. The zero-order valence-corrected chi connectivity index (χ0v) is 15.2. The van der Waals surface area contributed by atoms with Gasteiger partial charge in [0.2, 0.25) is 0 Å². The van der Waals surface area contributed by atoms with E-state index in [0.29, 0.717) is 23.0 Å². The third kappa shape index (κ3) is 6.44. The minimum atomic E-state index is -2.86. The van der Waals surface area contributed by atoms with Gasteiger partial charge in [0.25, 0.3) is 5.91 Å². The maximum absolute atomic E-state index is 12.1. The molecular formula is C18H16BrF2NO4. The van der Waals surface area contributed by atoms with Crippen molar-refractivity contribution in [1.29, 1.82) is 0 Å². The molecule has 0 radical (unpaired) electrons. The van der Waals surface area contributed by atoms with E-state index >= 15 is 0 Å². The van der Waals surface area contributed by atoms with Crippen LogP contribution in [0.25, 0.3) is 0 Å². The second-order valence-electron chi connectivity index (χ2n) is 5.18. The lowest BCUT2D eigenvalue weighted by Crippen LogP contribution is -2.30. The Morgan fingerprint density at radius 2 is 1.77 bits per heavy atom. The largest absolute Gasteiger partial charge is 0.452 e. The smallest absolute Gasteiger partial charge is 0.387 e. The topological polar surface area (TPSA) is 64.6 Å². The fraction of sp³-hybridized carbons (Fsp3) is 0.222. The lowest BCUT2D eigenvalue weighted by molar-refractivity contribution is -0.124. The molecule has 2 aromatic rings. The Morgan fingerprint density at radius 1 is 1.08 bits per heavy atom. The highest BCUT2D eigenvalue weighted by Gasteiger charge is 2.12. The molecule has 0 heterocycles. The van der Waals surface area contributed by atoms with Crippen LogP contribution in [0.4, 0.5) is 8.78 Å². The van der Waals surface area contributed by atoms with Gasteiger partial charge in [0.15, 0.2) is 6.61 Å². The van der Waals surface area contributed by atoms with Crippen molar-refractivity contribution < 1.29 is 27.8 Å². The van der Waals surface area contributed by atoms with Crippen molar-refractivity contribution in [3.05, 3.63) is 64.1 Å². The van der Waals surface area contributed by atoms with Gasteiger partial charge < -0.3 is 14.8 Å². The number of nitrogens with one attached hydrogen (secondary N) is 1. The summed E-state index contributed by atoms with van der Waals surface area (Å²) in [5.74, 6) is -0.947. The summed E-state index contributed by atoms with van der Waals surface area (Å²) >= 11 is 3.24. The van der Waals surface area contributed by atoms with E-state index in [9.17, 15) is 18.4 Å². The van der Waals surface area contributed by atoms with Crippen LogP contribution in [0, 0.1) is 0 Å². The van der Waals surface area contributed by atoms with Crippen LogP contribution in [0.3, 0.4) is 0 Å². The SMILES string of the molecule is O=C(COC(=O)c1ccccc1Br)NCCc1ccc(OC(F)F)cc1. The van der Waals surface area contributed by atoms with Gasteiger partial charge in [0.1, 0.15) is 5.75 Å². The first-order valence-corrected chi connectivity index (χ1v) is 8.47. The molecule has 0 atom stereocenters. The van der Waals surface area contributed by atoms with E-state index in [1.54, 1.807) is 36.4 Å². The molecule has 0 unspecified atom stereocenters. The van der Waals surface area contributed by atoms with Crippen LogP contribution < -0.4 is 10.1 Å². The number of hydrogen-bond donors (Lipinski definition) is 1. The Kier molecular flexibility index (Phi) is 7.53. The van der Waals surface area contributed by atoms with Crippen molar-refractivity contribution in [3.63, 3.8) is 0 Å². The average molecular weight is 428 g/mol. The number of amides is 1. The predicted molar refractivity (Wildman–Crippen MR) is 94.2 cm³/mol. The average Bonchev–Trinajstić information content (AvgIpc) is 2.61. The van der Waals surface area contributed by atoms with Gasteiger partial charge in [-0.15, -0.1) is 0 Å². The zero-order chi connectivity index (χ0) is 18.9. The van der Waals surface area contributed by atoms with E-state index in [1.807, 2.05) is 0 Å². The lowest BCUT2D eigenvalue weighted by Gasteiger charge is -2.08. The van der Waals surface area contributed by atoms with Gasteiger partial charge >= 0.3 is 12.6 Å². The quantitative estimate of drug-likeness (QED) is 0.654. The molecule has 138 valence electrons. The summed E-state index contributed by atoms with van der Waals surface area (Å²) in [5.41, 5.74) is 1.18. The Balaban J connectivity index is 1.70. The normalized spacial score (nSPS) is 10.5. The van der Waals surface area contributed by atoms with Crippen LogP contribution in [0.15, 0.2) is 53.0 Å². The second-order valence-corrected chi connectivity index (χ2v) is 6.03. The first-order chi connectivity index (χ1) is 12.5. The molecular weight excluding hydrogens is 412 g/mol. The summed E-state index contributed by atoms with van der Waals surface area (Å²) in [6.07, 6.45) is 0.499. The molecule has 1 N–H and O–H groups in total. The predicted octanol–water partition coefficient (Wildman–Crippen LogP) is 3.57. The van der Waals surface area contributed by atoms with Gasteiger partial charge in [0, 0.05) is 11.0 Å². The molecule has 2 aromatic carbocycles. The fourth-order valence-corrected chi connectivity index (χ4v) is 2.52. The van der Waals surface area contributed by atoms with Crippen molar-refractivity contribution in [2.45, 2.75) is 13.0 Å². The van der Waals surface area contributed by atoms with Crippen LogP contribution in [0.5, 0.6) is 5.75 Å². The van der Waals surface area contributed by atoms with E-state index in [-0.39, 0.29) is 12.4 Å². The van der Waals surface area contributed by atoms with E-state index in [1.165, 1.54) is 12.1 Å². The van der Waals surface area contributed by atoms with E-state index in [4.69, 9.17) is 4.74 Å². The van der Waals surface area contributed by atoms with Crippen LogP contribution in [0.2, 0.25) is 0 Å². The number of carbonyl (C=O) groups is 2. The standard InChI is InChI=1S/C18H16BrF2NO4/c19-15-4-2-1-3-14(15)17(24)25-11-16(23)22-10-9-12-5-7-13(8-6-12)26-18(20)21/h1-8,18H,9-11H2,(H,22,23). The molecule has 26 heavy (non-hydrogen) atoms. The lowest BCUT2D eigenvalue weighted by atomic mass is 10.1. The molecule has 0 aliphatic heterocycles. The number of ether oxygens (including phenoxy) is 2. The van der Waals surface area contributed by atoms with Gasteiger partial charge in [-0.3, -0.25) is 4.79 Å². The number of rotatable bonds is 8. The molecule has 0 bridgehead atoms. The molecule has 2 rings (SSSR count). The van der Waals surface area contributed by atoms with Gasteiger partial charge in [0.05, 0.1) is 5.56 Å². The highest BCUT2D eigenvalue weighted by Crippen LogP contribution is 2.17. The third-order valence-electron chi connectivity index (χ3n) is 3.31. The molecule has 0 saturated heterocycles. The number of alkyl halides is 2. The first-order valence-electron chi connectivity index (χ1n) is 7.68. The summed E-state index contributed by atoms with van der Waals surface area (Å²) in [4.78, 5) is 23.6. The summed E-state index contributed by atoms with van der Waals surface area (Å²) in [6.45, 7) is -2.93. The van der Waals surface area contributed by atoms with E-state index in [2.05, 4.69) is 26.0 Å². The summed E-state index contributed by atoms with van der Waals surface area (Å²) in [5, 5.41) is 2.62. The molecule has 0 aromatic heterocycles. The van der Waals surface area contributed by atoms with Crippen LogP contribution in [0.1, 0.15) is 15.9 Å². The van der Waals surface area contributed by atoms with Crippen LogP contribution >= 0.6 is 15.9 Å². The monoisotopic (exact) mass is 427 g/mol. The number of esters is 1. The maximum Gasteiger partial charge on any atom is 0.387 e. The van der Waals surface area contributed by atoms with Gasteiger partial charge in [-0.2, -0.15) is 8.78 Å². The summed E-state index contributed by atoms with van der Waals surface area (Å²) in [6, 6.07) is 12.9. The summed E-state index contributed by atoms with van der Waals surface area (Å²) in [7, 11) is 0. The molecule has 8 heteroatoms. The molecule has 0 spiro atoms. The number of halogens is 3. The Hall–Kier alpha value is -2.48. The molecule has 5 nitrogen and oxygen atoms in total. The second kappa shape index (κ2) is 9.86. The molecule has 0 aliphatic carbocycles. The number of carbonyl (C=O) groups excluding carboxylic acids is 2. The third-order valence-corrected chi connectivity index (χ3v) is 4.00. The van der Waals surface area contributed by atoms with Crippen LogP contribution in [-0.4, -0.2) is 31.6 Å². The Labute approximate surface area is 157 Å². The minimum absolute atomic E-state index is 0.0757. The minimum Gasteiger partial charge on any atom is -0.452 e.